The molecule has 0 saturated carbocycles. The lowest BCUT2D eigenvalue weighted by Gasteiger charge is -2.36. The Bertz CT molecular complexity index is 900. The van der Waals surface area contributed by atoms with Gasteiger partial charge in [0, 0.05) is 30.0 Å². The summed E-state index contributed by atoms with van der Waals surface area (Å²) in [5, 5.41) is 8.41. The maximum Gasteiger partial charge on any atom is 0.119 e. The number of methoxy groups -OCH3 is 1. The highest BCUT2D eigenvalue weighted by atomic mass is 16.5. The Morgan fingerprint density at radius 2 is 2.00 bits per heavy atom. The fraction of sp³-hybridized carbons (Fsp3) is 0.364. The fourth-order valence-electron chi connectivity index (χ4n) is 3.90. The molecule has 0 bridgehead atoms. The van der Waals surface area contributed by atoms with Crippen LogP contribution in [0, 0.1) is 5.41 Å². The van der Waals surface area contributed by atoms with E-state index >= 15 is 0 Å². The van der Waals surface area contributed by atoms with E-state index in [1.54, 1.807) is 7.11 Å². The molecule has 0 radical (unpaired) electrons. The van der Waals surface area contributed by atoms with E-state index in [9.17, 15) is 0 Å². The SMILES string of the molecule is COc1ccc(-n2ncc3c2CC(C)(C)CC3NCc2ccccn2)cc1. The number of rotatable bonds is 5. The third-order valence-corrected chi connectivity index (χ3v) is 5.25. The monoisotopic (exact) mass is 362 g/mol. The van der Waals surface area contributed by atoms with Crippen LogP contribution in [0.15, 0.2) is 54.9 Å². The second-order valence-electron chi connectivity index (χ2n) is 7.96. The number of ether oxygens (including phenoxy) is 1. The second kappa shape index (κ2) is 7.16. The summed E-state index contributed by atoms with van der Waals surface area (Å²) in [4.78, 5) is 4.43. The summed E-state index contributed by atoms with van der Waals surface area (Å²) in [6, 6.07) is 14.4. The van der Waals surface area contributed by atoms with Crippen LogP contribution in [0.25, 0.3) is 5.69 Å². The van der Waals surface area contributed by atoms with Crippen molar-refractivity contribution in [3.63, 3.8) is 0 Å². The van der Waals surface area contributed by atoms with Gasteiger partial charge < -0.3 is 10.1 Å². The Morgan fingerprint density at radius 1 is 1.19 bits per heavy atom. The van der Waals surface area contributed by atoms with Crippen LogP contribution < -0.4 is 10.1 Å². The summed E-state index contributed by atoms with van der Waals surface area (Å²) in [6.07, 6.45) is 5.96. The minimum Gasteiger partial charge on any atom is -0.497 e. The predicted molar refractivity (Wildman–Crippen MR) is 106 cm³/mol. The van der Waals surface area contributed by atoms with Crippen molar-refractivity contribution in [1.82, 2.24) is 20.1 Å². The van der Waals surface area contributed by atoms with Gasteiger partial charge in [-0.15, -0.1) is 0 Å². The van der Waals surface area contributed by atoms with Gasteiger partial charge in [-0.05, 0) is 54.7 Å². The first-order valence-corrected chi connectivity index (χ1v) is 9.40. The average molecular weight is 362 g/mol. The highest BCUT2D eigenvalue weighted by Crippen LogP contribution is 2.41. The fourth-order valence-corrected chi connectivity index (χ4v) is 3.90. The standard InChI is InChI=1S/C22H26N4O/c1-22(2)12-20(24-14-16-6-4-5-11-23-16)19-15-25-26(21(19)13-22)17-7-9-18(27-3)10-8-17/h4-11,15,20,24H,12-14H2,1-3H3. The third-order valence-electron chi connectivity index (χ3n) is 5.25. The van der Waals surface area contributed by atoms with Gasteiger partial charge in [0.2, 0.25) is 0 Å². The quantitative estimate of drug-likeness (QED) is 0.743. The molecule has 5 heteroatoms. The zero-order valence-corrected chi connectivity index (χ0v) is 16.1. The van der Waals surface area contributed by atoms with E-state index in [1.165, 1.54) is 11.3 Å². The number of hydrogen-bond acceptors (Lipinski definition) is 4. The summed E-state index contributed by atoms with van der Waals surface area (Å²) in [5.74, 6) is 0.856. The van der Waals surface area contributed by atoms with Crippen LogP contribution in [0.5, 0.6) is 5.75 Å². The third kappa shape index (κ3) is 3.74. The number of benzene rings is 1. The minimum absolute atomic E-state index is 0.207. The minimum atomic E-state index is 0.207. The number of hydrogen-bond donors (Lipinski definition) is 1. The van der Waals surface area contributed by atoms with Crippen LogP contribution in [0.1, 0.15) is 43.3 Å². The highest BCUT2D eigenvalue weighted by molar-refractivity contribution is 5.41. The molecule has 1 aliphatic carbocycles. The first-order chi connectivity index (χ1) is 13.1. The van der Waals surface area contributed by atoms with Gasteiger partial charge in [-0.25, -0.2) is 4.68 Å². The molecule has 27 heavy (non-hydrogen) atoms. The largest absolute Gasteiger partial charge is 0.497 e. The number of aromatic nitrogens is 3. The molecule has 1 atom stereocenters. The summed E-state index contributed by atoms with van der Waals surface area (Å²) in [6.45, 7) is 5.42. The molecule has 5 nitrogen and oxygen atoms in total. The van der Waals surface area contributed by atoms with E-state index in [1.807, 2.05) is 36.7 Å². The molecule has 140 valence electrons. The number of fused-ring (bicyclic) bond motifs is 1. The van der Waals surface area contributed by atoms with Crippen molar-refractivity contribution >= 4 is 0 Å². The molecular formula is C22H26N4O. The molecule has 1 aliphatic rings. The zero-order chi connectivity index (χ0) is 18.9. The zero-order valence-electron chi connectivity index (χ0n) is 16.1. The Morgan fingerprint density at radius 3 is 2.70 bits per heavy atom. The second-order valence-corrected chi connectivity index (χ2v) is 7.96. The summed E-state index contributed by atoms with van der Waals surface area (Å²) >= 11 is 0. The lowest BCUT2D eigenvalue weighted by Crippen LogP contribution is -2.33. The number of pyridine rings is 1. The van der Waals surface area contributed by atoms with Crippen LogP contribution >= 0.6 is 0 Å². The van der Waals surface area contributed by atoms with Gasteiger partial charge in [0.25, 0.3) is 0 Å². The van der Waals surface area contributed by atoms with Crippen LogP contribution in [0.4, 0.5) is 0 Å². The van der Waals surface area contributed by atoms with E-state index < -0.39 is 0 Å². The van der Waals surface area contributed by atoms with Crippen molar-refractivity contribution in [1.29, 1.82) is 0 Å². The molecule has 0 amide bonds. The molecule has 0 spiro atoms. The van der Waals surface area contributed by atoms with Crippen LogP contribution in [-0.2, 0) is 13.0 Å². The van der Waals surface area contributed by atoms with Crippen molar-refractivity contribution in [3.05, 3.63) is 71.8 Å². The van der Waals surface area contributed by atoms with E-state index in [4.69, 9.17) is 9.84 Å². The van der Waals surface area contributed by atoms with Crippen molar-refractivity contribution in [2.45, 2.75) is 39.3 Å². The van der Waals surface area contributed by atoms with E-state index in [-0.39, 0.29) is 11.5 Å². The molecule has 1 aromatic carbocycles. The molecule has 2 aromatic heterocycles. The first kappa shape index (κ1) is 17.7. The topological polar surface area (TPSA) is 52.0 Å². The molecular weight excluding hydrogens is 336 g/mol. The first-order valence-electron chi connectivity index (χ1n) is 9.40. The molecule has 1 unspecified atom stereocenters. The molecule has 1 N–H and O–H groups in total. The van der Waals surface area contributed by atoms with Gasteiger partial charge >= 0.3 is 0 Å². The molecule has 0 saturated heterocycles. The van der Waals surface area contributed by atoms with Crippen molar-refractivity contribution in [2.75, 3.05) is 7.11 Å². The Hall–Kier alpha value is -2.66. The van der Waals surface area contributed by atoms with Crippen LogP contribution in [0.3, 0.4) is 0 Å². The van der Waals surface area contributed by atoms with E-state index in [2.05, 4.69) is 47.0 Å². The Kier molecular flexibility index (Phi) is 4.70. The maximum absolute atomic E-state index is 5.28. The van der Waals surface area contributed by atoms with E-state index in [0.29, 0.717) is 0 Å². The van der Waals surface area contributed by atoms with Gasteiger partial charge in [-0.3, -0.25) is 4.98 Å². The molecule has 2 heterocycles. The van der Waals surface area contributed by atoms with Crippen molar-refractivity contribution in [2.24, 2.45) is 5.41 Å². The van der Waals surface area contributed by atoms with Gasteiger partial charge in [0.1, 0.15) is 5.75 Å². The lowest BCUT2D eigenvalue weighted by atomic mass is 9.74. The van der Waals surface area contributed by atoms with Gasteiger partial charge in [0.05, 0.1) is 24.7 Å². The van der Waals surface area contributed by atoms with Crippen LogP contribution in [-0.4, -0.2) is 21.9 Å². The van der Waals surface area contributed by atoms with Crippen LogP contribution in [0.2, 0.25) is 0 Å². The van der Waals surface area contributed by atoms with Gasteiger partial charge in [-0.2, -0.15) is 5.10 Å². The summed E-state index contributed by atoms with van der Waals surface area (Å²) in [7, 11) is 1.69. The Balaban J connectivity index is 1.62. The molecule has 0 fully saturated rings. The maximum atomic E-state index is 5.28. The van der Waals surface area contributed by atoms with Gasteiger partial charge in [-0.1, -0.05) is 19.9 Å². The van der Waals surface area contributed by atoms with Crippen molar-refractivity contribution in [3.8, 4) is 11.4 Å². The number of nitrogens with one attached hydrogen (secondary N) is 1. The van der Waals surface area contributed by atoms with E-state index in [0.717, 1.165) is 36.5 Å². The molecule has 3 aromatic rings. The summed E-state index contributed by atoms with van der Waals surface area (Å²) in [5.41, 5.74) is 4.91. The number of nitrogens with zero attached hydrogens (tertiary/aromatic N) is 3. The molecule has 4 rings (SSSR count). The average Bonchev–Trinajstić information content (AvgIpc) is 3.09. The normalized spacial score (nSPS) is 18.1. The van der Waals surface area contributed by atoms with Crippen molar-refractivity contribution < 1.29 is 4.74 Å². The Labute approximate surface area is 160 Å². The molecule has 0 aliphatic heterocycles. The predicted octanol–water partition coefficient (Wildman–Crippen LogP) is 4.08. The smallest absolute Gasteiger partial charge is 0.119 e. The lowest BCUT2D eigenvalue weighted by molar-refractivity contribution is 0.252. The summed E-state index contributed by atoms with van der Waals surface area (Å²) < 4.78 is 7.35. The van der Waals surface area contributed by atoms with Gasteiger partial charge in [0.15, 0.2) is 0 Å². The highest BCUT2D eigenvalue weighted by Gasteiger charge is 2.35.